The Bertz CT molecular complexity index is 1090. The lowest BCUT2D eigenvalue weighted by Gasteiger charge is -2.18. The number of unbranched alkanes of at least 4 members (excludes halogenated alkanes) is 46. The first kappa shape index (κ1) is 68.2. The topological polar surface area (TPSA) is 78.9 Å². The molecule has 0 aliphatic carbocycles. The molecular weight excluding hydrogens is 865 g/mol. The van der Waals surface area contributed by atoms with Gasteiger partial charge in [0.15, 0.2) is 6.10 Å². The van der Waals surface area contributed by atoms with Crippen LogP contribution in [0.3, 0.4) is 0 Å². The third kappa shape index (κ3) is 57.1. The van der Waals surface area contributed by atoms with E-state index < -0.39 is 6.10 Å². The summed E-state index contributed by atoms with van der Waals surface area (Å²) in [7, 11) is 0. The van der Waals surface area contributed by atoms with Crippen LogP contribution >= 0.6 is 0 Å². The van der Waals surface area contributed by atoms with Crippen molar-refractivity contribution in [3.8, 4) is 0 Å². The second kappa shape index (κ2) is 59.7. The van der Waals surface area contributed by atoms with Gasteiger partial charge in [-0.3, -0.25) is 14.4 Å². The zero-order valence-electron chi connectivity index (χ0n) is 47.6. The molecule has 0 aromatic carbocycles. The van der Waals surface area contributed by atoms with E-state index >= 15 is 0 Å². The number of ether oxygens (including phenoxy) is 3. The average molecular weight is 988 g/mol. The van der Waals surface area contributed by atoms with Crippen molar-refractivity contribution in [3.63, 3.8) is 0 Å². The minimum atomic E-state index is -0.767. The van der Waals surface area contributed by atoms with Gasteiger partial charge in [-0.05, 0) is 44.9 Å². The molecular formula is C64H122O6. The van der Waals surface area contributed by atoms with Gasteiger partial charge in [0.05, 0.1) is 0 Å². The Balaban J connectivity index is 4.31. The first-order valence-corrected chi connectivity index (χ1v) is 31.7. The standard InChI is InChI=1S/C64H122O6/c1-4-7-10-13-16-19-22-25-28-31-34-36-39-42-45-48-51-54-57-63(66)69-60-61(70-64(67)58-55-52-49-46-43-40-37-33-30-27-24-21-18-15-12-9-6-3)59-68-62(65)56-53-50-47-44-41-38-35-32-29-26-23-20-17-14-11-8-5-2/h28,31,61H,4-27,29-30,32-60H2,1-3H3/b31-28-. The van der Waals surface area contributed by atoms with Crippen molar-refractivity contribution in [1.82, 2.24) is 0 Å². The van der Waals surface area contributed by atoms with Crippen LogP contribution in [0.15, 0.2) is 12.2 Å². The summed E-state index contributed by atoms with van der Waals surface area (Å²) in [5.74, 6) is -0.838. The molecule has 70 heavy (non-hydrogen) atoms. The highest BCUT2D eigenvalue weighted by Crippen LogP contribution is 2.18. The lowest BCUT2D eigenvalue weighted by Crippen LogP contribution is -2.30. The van der Waals surface area contributed by atoms with Gasteiger partial charge in [-0.2, -0.15) is 0 Å². The van der Waals surface area contributed by atoms with Gasteiger partial charge in [0.25, 0.3) is 0 Å². The predicted molar refractivity (Wildman–Crippen MR) is 303 cm³/mol. The van der Waals surface area contributed by atoms with Crippen LogP contribution in [0, 0.1) is 0 Å². The molecule has 0 saturated heterocycles. The van der Waals surface area contributed by atoms with Crippen molar-refractivity contribution in [1.29, 1.82) is 0 Å². The Kier molecular flexibility index (Phi) is 58.1. The molecule has 0 radical (unpaired) electrons. The second-order valence-electron chi connectivity index (χ2n) is 21.7. The summed E-state index contributed by atoms with van der Waals surface area (Å²) < 4.78 is 16.9. The van der Waals surface area contributed by atoms with Crippen molar-refractivity contribution in [3.05, 3.63) is 12.2 Å². The van der Waals surface area contributed by atoms with Crippen LogP contribution in [0.4, 0.5) is 0 Å². The fourth-order valence-corrected chi connectivity index (χ4v) is 9.74. The molecule has 0 N–H and O–H groups in total. The van der Waals surface area contributed by atoms with Crippen molar-refractivity contribution < 1.29 is 28.6 Å². The lowest BCUT2D eigenvalue weighted by molar-refractivity contribution is -0.167. The monoisotopic (exact) mass is 987 g/mol. The van der Waals surface area contributed by atoms with Gasteiger partial charge in [-0.1, -0.05) is 309 Å². The Morgan fingerprint density at radius 2 is 0.471 bits per heavy atom. The molecule has 1 unspecified atom stereocenters. The Morgan fingerprint density at radius 1 is 0.271 bits per heavy atom. The lowest BCUT2D eigenvalue weighted by atomic mass is 10.0. The second-order valence-corrected chi connectivity index (χ2v) is 21.7. The van der Waals surface area contributed by atoms with E-state index in [1.807, 2.05) is 0 Å². The summed E-state index contributed by atoms with van der Waals surface area (Å²) in [5.41, 5.74) is 0. The minimum Gasteiger partial charge on any atom is -0.462 e. The molecule has 0 aliphatic rings. The highest BCUT2D eigenvalue weighted by atomic mass is 16.6. The van der Waals surface area contributed by atoms with Crippen LogP contribution in [0.2, 0.25) is 0 Å². The average Bonchev–Trinajstić information content (AvgIpc) is 3.36. The number of hydrogen-bond acceptors (Lipinski definition) is 6. The molecule has 0 saturated carbocycles. The van der Waals surface area contributed by atoms with Crippen LogP contribution in [-0.2, 0) is 28.6 Å². The van der Waals surface area contributed by atoms with E-state index in [4.69, 9.17) is 14.2 Å². The summed E-state index contributed by atoms with van der Waals surface area (Å²) in [6.07, 6.45) is 69.2. The molecule has 0 amide bonds. The fourth-order valence-electron chi connectivity index (χ4n) is 9.74. The van der Waals surface area contributed by atoms with Crippen LogP contribution in [-0.4, -0.2) is 37.2 Å². The summed E-state index contributed by atoms with van der Waals surface area (Å²) in [4.78, 5) is 38.3. The van der Waals surface area contributed by atoms with Crippen molar-refractivity contribution >= 4 is 17.9 Å². The van der Waals surface area contributed by atoms with E-state index in [1.54, 1.807) is 0 Å². The van der Waals surface area contributed by atoms with Crippen LogP contribution in [0.1, 0.15) is 361 Å². The summed E-state index contributed by atoms with van der Waals surface area (Å²) in [6.45, 7) is 6.71. The first-order chi connectivity index (χ1) is 34.5. The molecule has 0 fully saturated rings. The van der Waals surface area contributed by atoms with E-state index in [0.717, 1.165) is 57.8 Å². The molecule has 0 heterocycles. The van der Waals surface area contributed by atoms with E-state index in [2.05, 4.69) is 32.9 Å². The molecule has 0 aliphatic heterocycles. The summed E-state index contributed by atoms with van der Waals surface area (Å²) in [5, 5.41) is 0. The highest BCUT2D eigenvalue weighted by molar-refractivity contribution is 5.71. The highest BCUT2D eigenvalue weighted by Gasteiger charge is 2.19. The van der Waals surface area contributed by atoms with Crippen molar-refractivity contribution in [2.45, 2.75) is 367 Å². The van der Waals surface area contributed by atoms with Gasteiger partial charge in [0.2, 0.25) is 0 Å². The number of allylic oxidation sites excluding steroid dienone is 2. The van der Waals surface area contributed by atoms with E-state index in [9.17, 15) is 14.4 Å². The van der Waals surface area contributed by atoms with Crippen LogP contribution in [0.5, 0.6) is 0 Å². The number of rotatable bonds is 59. The predicted octanol–water partition coefficient (Wildman–Crippen LogP) is 21.3. The molecule has 0 rings (SSSR count). The zero-order valence-corrected chi connectivity index (χ0v) is 47.6. The van der Waals surface area contributed by atoms with E-state index in [1.165, 1.54) is 263 Å². The Labute approximate surface area is 437 Å². The summed E-state index contributed by atoms with van der Waals surface area (Å²) >= 11 is 0. The normalized spacial score (nSPS) is 12.0. The molecule has 6 nitrogen and oxygen atoms in total. The number of carbonyl (C=O) groups is 3. The third-order valence-corrected chi connectivity index (χ3v) is 14.5. The van der Waals surface area contributed by atoms with Gasteiger partial charge < -0.3 is 14.2 Å². The molecule has 0 aromatic rings. The van der Waals surface area contributed by atoms with Crippen molar-refractivity contribution in [2.75, 3.05) is 13.2 Å². The van der Waals surface area contributed by atoms with E-state index in [-0.39, 0.29) is 31.1 Å². The van der Waals surface area contributed by atoms with Gasteiger partial charge in [-0.25, -0.2) is 0 Å². The number of esters is 3. The molecule has 6 heteroatoms. The molecule has 0 aromatic heterocycles. The molecule has 414 valence electrons. The minimum absolute atomic E-state index is 0.0646. The van der Waals surface area contributed by atoms with Gasteiger partial charge in [0, 0.05) is 19.3 Å². The maximum absolute atomic E-state index is 12.9. The van der Waals surface area contributed by atoms with Crippen LogP contribution < -0.4 is 0 Å². The number of carbonyl (C=O) groups excluding carboxylic acids is 3. The van der Waals surface area contributed by atoms with Crippen molar-refractivity contribution in [2.24, 2.45) is 0 Å². The smallest absolute Gasteiger partial charge is 0.306 e. The number of hydrogen-bond donors (Lipinski definition) is 0. The Morgan fingerprint density at radius 3 is 0.714 bits per heavy atom. The zero-order chi connectivity index (χ0) is 50.7. The van der Waals surface area contributed by atoms with Crippen LogP contribution in [0.25, 0.3) is 0 Å². The molecule has 0 spiro atoms. The summed E-state index contributed by atoms with van der Waals surface area (Å²) in [6, 6.07) is 0. The molecule has 0 bridgehead atoms. The maximum Gasteiger partial charge on any atom is 0.306 e. The SMILES string of the molecule is CCCCCCCCC/C=C\CCCCCCCCCC(=O)OCC(COC(=O)CCCCCCCCCCCCCCCCCCC)OC(=O)CCCCCCCCCCCCCCCCCCC. The fraction of sp³-hybridized carbons (Fsp3) is 0.922. The maximum atomic E-state index is 12.9. The quantitative estimate of drug-likeness (QED) is 0.0261. The Hall–Kier alpha value is -1.85. The third-order valence-electron chi connectivity index (χ3n) is 14.5. The first-order valence-electron chi connectivity index (χ1n) is 31.7. The van der Waals surface area contributed by atoms with Gasteiger partial charge in [0.1, 0.15) is 13.2 Å². The largest absolute Gasteiger partial charge is 0.462 e. The van der Waals surface area contributed by atoms with Gasteiger partial charge in [-0.15, -0.1) is 0 Å². The van der Waals surface area contributed by atoms with Gasteiger partial charge >= 0.3 is 17.9 Å². The molecule has 1 atom stereocenters. The van der Waals surface area contributed by atoms with E-state index in [0.29, 0.717) is 19.3 Å².